The van der Waals surface area contributed by atoms with Crippen LogP contribution in [0.4, 0.5) is 0 Å². The molecule has 0 aliphatic carbocycles. The van der Waals surface area contributed by atoms with Gasteiger partial charge in [0.05, 0.1) is 0 Å². The van der Waals surface area contributed by atoms with E-state index in [1.165, 1.54) is 19.1 Å². The lowest BCUT2D eigenvalue weighted by atomic mass is 10.2. The highest BCUT2D eigenvalue weighted by atomic mass is 16.6. The van der Waals surface area contributed by atoms with Gasteiger partial charge in [-0.2, -0.15) is 5.90 Å². The zero-order valence-electron chi connectivity index (χ0n) is 10.8. The molecule has 0 amide bonds. The molecule has 8 heteroatoms. The fraction of sp³-hybridized carbons (Fsp3) is 0.250. The molecule has 1 unspecified atom stereocenters. The fourth-order valence-electron chi connectivity index (χ4n) is 1.14. The summed E-state index contributed by atoms with van der Waals surface area (Å²) in [6.07, 6.45) is -0.0880. The molecule has 0 radical (unpaired) electrons. The molecule has 0 aliphatic rings. The molecule has 1 aromatic rings. The van der Waals surface area contributed by atoms with E-state index in [4.69, 9.17) is 21.8 Å². The third-order valence-electron chi connectivity index (χ3n) is 2.07. The number of aromatic carboxylic acids is 1. The second kappa shape index (κ2) is 8.62. The normalized spacial score (nSPS) is 10.8. The molecule has 8 nitrogen and oxygen atoms in total. The van der Waals surface area contributed by atoms with Gasteiger partial charge in [-0.1, -0.05) is 12.1 Å². The van der Waals surface area contributed by atoms with Crippen molar-refractivity contribution in [1.82, 2.24) is 0 Å². The third-order valence-corrected chi connectivity index (χ3v) is 2.07. The summed E-state index contributed by atoms with van der Waals surface area (Å²) in [5.74, 6) is 2.60. The average Bonchev–Trinajstić information content (AvgIpc) is 2.38. The van der Waals surface area contributed by atoms with Crippen molar-refractivity contribution in [3.63, 3.8) is 0 Å². The molecule has 20 heavy (non-hydrogen) atoms. The number of hydrogen-bond donors (Lipinski definition) is 4. The maximum Gasteiger partial charge on any atom is 0.339 e. The van der Waals surface area contributed by atoms with Crippen molar-refractivity contribution >= 4 is 17.7 Å². The second-order valence-electron chi connectivity index (χ2n) is 3.77. The Bertz CT molecular complexity index is 489. The van der Waals surface area contributed by atoms with Crippen molar-refractivity contribution < 1.29 is 29.4 Å². The Balaban J connectivity index is 0.000000370. The van der Waals surface area contributed by atoms with Crippen LogP contribution >= 0.6 is 0 Å². The van der Waals surface area contributed by atoms with Crippen LogP contribution in [0.25, 0.3) is 0 Å². The molecule has 0 bridgehead atoms. The lowest BCUT2D eigenvalue weighted by Crippen LogP contribution is -2.31. The van der Waals surface area contributed by atoms with Crippen LogP contribution in [0.2, 0.25) is 0 Å². The van der Waals surface area contributed by atoms with E-state index in [0.29, 0.717) is 0 Å². The molecule has 0 heterocycles. The van der Waals surface area contributed by atoms with Gasteiger partial charge in [-0.15, -0.1) is 0 Å². The molecule has 0 spiro atoms. The summed E-state index contributed by atoms with van der Waals surface area (Å²) in [5.41, 5.74) is 5.06. The molecule has 0 aromatic heterocycles. The zero-order valence-corrected chi connectivity index (χ0v) is 10.8. The lowest BCUT2D eigenvalue weighted by molar-refractivity contribution is -0.140. The Morgan fingerprint density at radius 3 is 2.10 bits per heavy atom. The number of aliphatic carboxylic acids is 1. The SMILES string of the molecule is CC(=O)CC(N)C(=O)O.NOc1ccccc1C(=O)O. The number of ketones is 1. The highest BCUT2D eigenvalue weighted by Crippen LogP contribution is 2.15. The molecule has 110 valence electrons. The van der Waals surface area contributed by atoms with Gasteiger partial charge in [-0.05, 0) is 19.1 Å². The Labute approximate surface area is 114 Å². The van der Waals surface area contributed by atoms with E-state index in [1.54, 1.807) is 12.1 Å². The predicted molar refractivity (Wildman–Crippen MR) is 69.1 cm³/mol. The zero-order chi connectivity index (χ0) is 15.7. The number of Topliss-reactive ketones (excluding diaryl/α,β-unsaturated/α-hetero) is 1. The van der Waals surface area contributed by atoms with Crippen LogP contribution in [0.1, 0.15) is 23.7 Å². The Hall–Kier alpha value is -2.45. The van der Waals surface area contributed by atoms with Gasteiger partial charge in [0.15, 0.2) is 5.75 Å². The number of rotatable bonds is 5. The van der Waals surface area contributed by atoms with E-state index in [2.05, 4.69) is 4.84 Å². The number of benzene rings is 1. The first-order chi connectivity index (χ1) is 9.29. The number of carbonyl (C=O) groups is 3. The molecular weight excluding hydrogens is 268 g/mol. The van der Waals surface area contributed by atoms with Gasteiger partial charge < -0.3 is 20.8 Å². The Morgan fingerprint density at radius 2 is 1.80 bits per heavy atom. The minimum atomic E-state index is -1.13. The molecule has 1 atom stereocenters. The number of para-hydroxylation sites is 1. The van der Waals surface area contributed by atoms with E-state index in [1.807, 2.05) is 0 Å². The fourth-order valence-corrected chi connectivity index (χ4v) is 1.14. The van der Waals surface area contributed by atoms with Gasteiger partial charge in [0, 0.05) is 6.42 Å². The molecule has 6 N–H and O–H groups in total. The second-order valence-corrected chi connectivity index (χ2v) is 3.77. The monoisotopic (exact) mass is 284 g/mol. The molecule has 1 aromatic carbocycles. The van der Waals surface area contributed by atoms with E-state index < -0.39 is 18.0 Å². The van der Waals surface area contributed by atoms with Crippen molar-refractivity contribution in [3.05, 3.63) is 29.8 Å². The summed E-state index contributed by atoms with van der Waals surface area (Å²) in [4.78, 5) is 34.9. The Morgan fingerprint density at radius 1 is 1.25 bits per heavy atom. The quantitative estimate of drug-likeness (QED) is 0.551. The van der Waals surface area contributed by atoms with Crippen LogP contribution in [0.5, 0.6) is 5.75 Å². The predicted octanol–water partition coefficient (Wildman–Crippen LogP) is 0.0147. The minimum absolute atomic E-state index is 0.0648. The molecule has 0 saturated heterocycles. The molecule has 1 rings (SSSR count). The molecule has 0 saturated carbocycles. The lowest BCUT2D eigenvalue weighted by Gasteiger charge is -2.00. The maximum absolute atomic E-state index is 10.4. The third kappa shape index (κ3) is 6.47. The van der Waals surface area contributed by atoms with E-state index in [0.717, 1.165) is 0 Å². The number of carboxylic acids is 2. The van der Waals surface area contributed by atoms with Gasteiger partial charge in [-0.25, -0.2) is 4.79 Å². The van der Waals surface area contributed by atoms with Gasteiger partial charge in [0.25, 0.3) is 0 Å². The van der Waals surface area contributed by atoms with Crippen molar-refractivity contribution in [2.75, 3.05) is 0 Å². The van der Waals surface area contributed by atoms with Crippen molar-refractivity contribution in [2.24, 2.45) is 11.6 Å². The number of nitrogens with two attached hydrogens (primary N) is 2. The molecule has 0 aliphatic heterocycles. The highest BCUT2D eigenvalue weighted by Gasteiger charge is 2.12. The number of carboxylic acid groups (broad SMARTS) is 2. The van der Waals surface area contributed by atoms with Gasteiger partial charge in [0.1, 0.15) is 17.4 Å². The smallest absolute Gasteiger partial charge is 0.339 e. The first-order valence-electron chi connectivity index (χ1n) is 5.46. The van der Waals surface area contributed by atoms with Gasteiger partial charge in [0.2, 0.25) is 0 Å². The van der Waals surface area contributed by atoms with Crippen molar-refractivity contribution in [1.29, 1.82) is 0 Å². The van der Waals surface area contributed by atoms with Gasteiger partial charge >= 0.3 is 11.9 Å². The summed E-state index contributed by atoms with van der Waals surface area (Å²) in [7, 11) is 0. The van der Waals surface area contributed by atoms with Crippen molar-refractivity contribution in [2.45, 2.75) is 19.4 Å². The van der Waals surface area contributed by atoms with Crippen LogP contribution in [0.15, 0.2) is 24.3 Å². The van der Waals surface area contributed by atoms with Crippen LogP contribution in [-0.2, 0) is 9.59 Å². The van der Waals surface area contributed by atoms with Crippen LogP contribution in [0.3, 0.4) is 0 Å². The first kappa shape index (κ1) is 17.6. The highest BCUT2D eigenvalue weighted by molar-refractivity contribution is 5.90. The summed E-state index contributed by atoms with van der Waals surface area (Å²) in [6.45, 7) is 1.31. The van der Waals surface area contributed by atoms with Crippen LogP contribution < -0.4 is 16.5 Å². The summed E-state index contributed by atoms with van der Waals surface area (Å²) >= 11 is 0. The molecule has 0 fully saturated rings. The van der Waals surface area contributed by atoms with Crippen molar-refractivity contribution in [3.8, 4) is 5.75 Å². The minimum Gasteiger partial charge on any atom is -0.480 e. The topological polar surface area (TPSA) is 153 Å². The van der Waals surface area contributed by atoms with E-state index >= 15 is 0 Å². The van der Waals surface area contributed by atoms with Gasteiger partial charge in [-0.3, -0.25) is 9.59 Å². The molecular formula is C12H16N2O6. The first-order valence-corrected chi connectivity index (χ1v) is 5.46. The summed E-state index contributed by atoms with van der Waals surface area (Å²) < 4.78 is 0. The van der Waals surface area contributed by atoms with E-state index in [9.17, 15) is 14.4 Å². The summed E-state index contributed by atoms with van der Waals surface area (Å²) in [6, 6.07) is 5.12. The standard InChI is InChI=1S/C7H7NO3.C5H9NO3/c8-11-6-4-2-1-3-5(6)7(9)10;1-3(7)2-4(6)5(8)9/h1-4H,8H2,(H,9,10);4H,2,6H2,1H3,(H,8,9). The Kier molecular flexibility index (Phi) is 7.56. The maximum atomic E-state index is 10.4. The van der Waals surface area contributed by atoms with E-state index in [-0.39, 0.29) is 23.5 Å². The number of carbonyl (C=O) groups excluding carboxylic acids is 1. The average molecular weight is 284 g/mol. The number of hydrogen-bond acceptors (Lipinski definition) is 6. The largest absolute Gasteiger partial charge is 0.480 e. The van der Waals surface area contributed by atoms with Crippen LogP contribution in [0, 0.1) is 0 Å². The summed E-state index contributed by atoms with van der Waals surface area (Å²) in [5, 5.41) is 16.7. The van der Waals surface area contributed by atoms with Crippen LogP contribution in [-0.4, -0.2) is 34.0 Å².